The van der Waals surface area contributed by atoms with Crippen LogP contribution in [0.2, 0.25) is 0 Å². The summed E-state index contributed by atoms with van der Waals surface area (Å²) in [7, 11) is -3.76. The average Bonchev–Trinajstić information content (AvgIpc) is 3.02. The van der Waals surface area contributed by atoms with E-state index in [4.69, 9.17) is 4.74 Å². The lowest BCUT2D eigenvalue weighted by molar-refractivity contribution is -0.111. The van der Waals surface area contributed by atoms with Crippen LogP contribution in [-0.2, 0) is 19.6 Å². The van der Waals surface area contributed by atoms with Crippen molar-refractivity contribution < 1.29 is 17.9 Å². The minimum absolute atomic E-state index is 0.0624. The monoisotopic (exact) mass is 394 g/mol. The molecule has 140 valence electrons. The van der Waals surface area contributed by atoms with Crippen molar-refractivity contribution in [1.82, 2.24) is 4.98 Å². The first-order valence-electron chi connectivity index (χ1n) is 8.26. The standard InChI is InChI=1S/C19H14N4O4S/c24-17-11-13-12-27-10-8-16(13)19(17)22-21-14-4-6-15(7-5-14)28(25,26)23-18-3-1-2-9-20-18/h1-11H,12H2,(H,20,23). The summed E-state index contributed by atoms with van der Waals surface area (Å²) in [4.78, 5) is 16.1. The van der Waals surface area contributed by atoms with Gasteiger partial charge in [-0.3, -0.25) is 9.52 Å². The number of carbonyl (C=O) groups excluding carboxylic acids is 1. The zero-order valence-electron chi connectivity index (χ0n) is 14.4. The number of ether oxygens (including phenoxy) is 1. The summed E-state index contributed by atoms with van der Waals surface area (Å²) in [6.07, 6.45) is 6.16. The molecule has 28 heavy (non-hydrogen) atoms. The predicted molar refractivity (Wildman–Crippen MR) is 101 cm³/mol. The van der Waals surface area contributed by atoms with Crippen molar-refractivity contribution >= 4 is 27.3 Å². The lowest BCUT2D eigenvalue weighted by atomic mass is 10.1. The summed E-state index contributed by atoms with van der Waals surface area (Å²) in [6, 6.07) is 10.8. The van der Waals surface area contributed by atoms with Crippen molar-refractivity contribution in [3.8, 4) is 0 Å². The number of allylic oxidation sites excluding steroid dienone is 2. The number of benzene rings is 1. The Kier molecular flexibility index (Phi) is 4.58. The van der Waals surface area contributed by atoms with E-state index in [1.807, 2.05) is 0 Å². The van der Waals surface area contributed by atoms with Crippen LogP contribution in [0.4, 0.5) is 11.5 Å². The Bertz CT molecular complexity index is 1150. The highest BCUT2D eigenvalue weighted by atomic mass is 32.2. The number of hydrogen-bond donors (Lipinski definition) is 1. The van der Waals surface area contributed by atoms with Crippen LogP contribution in [0.15, 0.2) is 99.0 Å². The minimum atomic E-state index is -3.76. The molecule has 1 aliphatic heterocycles. The third-order valence-corrected chi connectivity index (χ3v) is 5.40. The first-order valence-corrected chi connectivity index (χ1v) is 9.75. The number of sulfonamides is 1. The normalized spacial score (nSPS) is 16.1. The number of aromatic nitrogens is 1. The van der Waals surface area contributed by atoms with E-state index in [0.717, 1.165) is 5.57 Å². The van der Waals surface area contributed by atoms with Gasteiger partial charge in [0, 0.05) is 17.3 Å². The van der Waals surface area contributed by atoms with Gasteiger partial charge in [0.15, 0.2) is 0 Å². The molecule has 0 unspecified atom stereocenters. The highest BCUT2D eigenvalue weighted by Gasteiger charge is 2.25. The van der Waals surface area contributed by atoms with E-state index in [1.165, 1.54) is 42.8 Å². The molecule has 0 radical (unpaired) electrons. The Hall–Kier alpha value is -3.59. The molecule has 2 aromatic rings. The van der Waals surface area contributed by atoms with Gasteiger partial charge in [-0.05, 0) is 48.6 Å². The molecule has 1 aliphatic carbocycles. The van der Waals surface area contributed by atoms with Crippen LogP contribution >= 0.6 is 0 Å². The maximum absolute atomic E-state index is 12.4. The molecule has 0 spiro atoms. The summed E-state index contributed by atoms with van der Waals surface area (Å²) in [5.74, 6) is -0.00471. The van der Waals surface area contributed by atoms with Crippen molar-refractivity contribution in [2.45, 2.75) is 4.90 Å². The van der Waals surface area contributed by atoms with E-state index in [9.17, 15) is 13.2 Å². The van der Waals surface area contributed by atoms with Crippen molar-refractivity contribution in [1.29, 1.82) is 0 Å². The number of fused-ring (bicyclic) bond motifs is 1. The fourth-order valence-corrected chi connectivity index (χ4v) is 3.68. The molecule has 4 rings (SSSR count). The summed E-state index contributed by atoms with van der Waals surface area (Å²) < 4.78 is 32.3. The van der Waals surface area contributed by atoms with Gasteiger partial charge in [-0.2, -0.15) is 5.11 Å². The summed E-state index contributed by atoms with van der Waals surface area (Å²) >= 11 is 0. The Morgan fingerprint density at radius 3 is 2.64 bits per heavy atom. The predicted octanol–water partition coefficient (Wildman–Crippen LogP) is 3.27. The van der Waals surface area contributed by atoms with E-state index in [2.05, 4.69) is 19.9 Å². The number of hydrogen-bond acceptors (Lipinski definition) is 7. The Morgan fingerprint density at radius 1 is 1.07 bits per heavy atom. The first kappa shape index (κ1) is 17.8. The van der Waals surface area contributed by atoms with Crippen molar-refractivity contribution in [2.24, 2.45) is 10.2 Å². The second-order valence-corrected chi connectivity index (χ2v) is 7.61. The molecule has 2 aliphatic rings. The van der Waals surface area contributed by atoms with Gasteiger partial charge >= 0.3 is 0 Å². The fraction of sp³-hybridized carbons (Fsp3) is 0.0526. The van der Waals surface area contributed by atoms with Crippen LogP contribution < -0.4 is 4.72 Å². The zero-order chi connectivity index (χ0) is 19.6. The zero-order valence-corrected chi connectivity index (χ0v) is 15.3. The maximum atomic E-state index is 12.4. The molecule has 0 saturated carbocycles. The van der Waals surface area contributed by atoms with E-state index < -0.39 is 10.0 Å². The smallest absolute Gasteiger partial charge is 0.263 e. The topological polar surface area (TPSA) is 110 Å². The molecule has 8 nitrogen and oxygen atoms in total. The van der Waals surface area contributed by atoms with Gasteiger partial charge in [0.2, 0.25) is 5.78 Å². The number of ketones is 1. The van der Waals surface area contributed by atoms with E-state index in [0.29, 0.717) is 17.9 Å². The molecule has 1 N–H and O–H groups in total. The number of pyridine rings is 1. The SMILES string of the molecule is O=C1C=C2COC=CC2=C1N=Nc1ccc(S(=O)(=O)Nc2ccccn2)cc1. The Balaban J connectivity index is 1.53. The van der Waals surface area contributed by atoms with Gasteiger partial charge in [-0.15, -0.1) is 5.11 Å². The first-order chi connectivity index (χ1) is 13.5. The number of azo groups is 1. The minimum Gasteiger partial charge on any atom is -0.496 e. The van der Waals surface area contributed by atoms with Crippen molar-refractivity contribution in [2.75, 3.05) is 11.3 Å². The lowest BCUT2D eigenvalue weighted by Crippen LogP contribution is -2.13. The molecule has 2 heterocycles. The van der Waals surface area contributed by atoms with Crippen LogP contribution in [0.5, 0.6) is 0 Å². The molecule has 0 bridgehead atoms. The van der Waals surface area contributed by atoms with Crippen LogP contribution in [0.25, 0.3) is 0 Å². The van der Waals surface area contributed by atoms with Crippen LogP contribution in [0.3, 0.4) is 0 Å². The highest BCUT2D eigenvalue weighted by Crippen LogP contribution is 2.30. The summed E-state index contributed by atoms with van der Waals surface area (Å²) in [5, 5.41) is 8.09. The highest BCUT2D eigenvalue weighted by molar-refractivity contribution is 7.92. The van der Waals surface area contributed by atoms with Gasteiger partial charge in [0.1, 0.15) is 18.1 Å². The van der Waals surface area contributed by atoms with E-state index >= 15 is 0 Å². The maximum Gasteiger partial charge on any atom is 0.263 e. The fourth-order valence-electron chi connectivity index (χ4n) is 2.67. The molecule has 0 atom stereocenters. The molecule has 0 amide bonds. The molecule has 0 fully saturated rings. The van der Waals surface area contributed by atoms with Gasteiger partial charge < -0.3 is 4.74 Å². The van der Waals surface area contributed by atoms with Crippen LogP contribution in [0, 0.1) is 0 Å². The molecule has 0 saturated heterocycles. The van der Waals surface area contributed by atoms with Gasteiger partial charge in [0.25, 0.3) is 10.0 Å². The average molecular weight is 394 g/mol. The molecular weight excluding hydrogens is 380 g/mol. The van der Waals surface area contributed by atoms with Gasteiger partial charge in [0.05, 0.1) is 16.8 Å². The number of nitrogens with zero attached hydrogens (tertiary/aromatic N) is 3. The van der Waals surface area contributed by atoms with Crippen molar-refractivity contribution in [3.05, 3.63) is 83.9 Å². The Labute approximate surface area is 161 Å². The number of carbonyl (C=O) groups is 1. The van der Waals surface area contributed by atoms with Crippen LogP contribution in [0.1, 0.15) is 0 Å². The lowest BCUT2D eigenvalue weighted by Gasteiger charge is -2.09. The third kappa shape index (κ3) is 3.60. The summed E-state index contributed by atoms with van der Waals surface area (Å²) in [6.45, 7) is 0.326. The quantitative estimate of drug-likeness (QED) is 0.783. The molecule has 9 heteroatoms. The molecule has 1 aromatic carbocycles. The summed E-state index contributed by atoms with van der Waals surface area (Å²) in [5.41, 5.74) is 2.12. The Morgan fingerprint density at radius 2 is 1.89 bits per heavy atom. The molecule has 1 aromatic heterocycles. The molecular formula is C19H14N4O4S. The largest absolute Gasteiger partial charge is 0.496 e. The second kappa shape index (κ2) is 7.20. The van der Waals surface area contributed by atoms with Crippen molar-refractivity contribution in [3.63, 3.8) is 0 Å². The number of nitrogens with one attached hydrogen (secondary N) is 1. The second-order valence-electron chi connectivity index (χ2n) is 5.92. The van der Waals surface area contributed by atoms with E-state index in [1.54, 1.807) is 24.3 Å². The van der Waals surface area contributed by atoms with E-state index in [-0.39, 0.29) is 22.2 Å². The number of anilines is 1. The van der Waals surface area contributed by atoms with Crippen LogP contribution in [-0.4, -0.2) is 25.8 Å². The van der Waals surface area contributed by atoms with Gasteiger partial charge in [-0.25, -0.2) is 13.4 Å². The van der Waals surface area contributed by atoms with Gasteiger partial charge in [-0.1, -0.05) is 6.07 Å². The number of rotatable bonds is 5. The third-order valence-electron chi connectivity index (χ3n) is 4.03.